The second-order valence-electron chi connectivity index (χ2n) is 7.95. The number of aromatic nitrogens is 3. The molecule has 1 aliphatic heterocycles. The minimum Gasteiger partial charge on any atom is -0.380 e. The van der Waals surface area contributed by atoms with Gasteiger partial charge >= 0.3 is 6.18 Å². The van der Waals surface area contributed by atoms with E-state index in [0.29, 0.717) is 31.6 Å². The Morgan fingerprint density at radius 1 is 1.12 bits per heavy atom. The van der Waals surface area contributed by atoms with Crippen LogP contribution in [-0.2, 0) is 10.9 Å². The highest BCUT2D eigenvalue weighted by Crippen LogP contribution is 2.29. The van der Waals surface area contributed by atoms with Crippen LogP contribution in [0.4, 0.5) is 18.9 Å². The zero-order valence-electron chi connectivity index (χ0n) is 18.3. The van der Waals surface area contributed by atoms with E-state index < -0.39 is 17.3 Å². The van der Waals surface area contributed by atoms with Crippen LogP contribution in [-0.4, -0.2) is 52.5 Å². The first-order valence-corrected chi connectivity index (χ1v) is 11.1. The van der Waals surface area contributed by atoms with Crippen molar-refractivity contribution in [3.63, 3.8) is 0 Å². The third kappa shape index (κ3) is 5.40. The van der Waals surface area contributed by atoms with Crippen LogP contribution in [0.1, 0.15) is 22.7 Å². The first-order valence-electron chi connectivity index (χ1n) is 10.7. The van der Waals surface area contributed by atoms with Crippen molar-refractivity contribution in [2.75, 3.05) is 38.2 Å². The van der Waals surface area contributed by atoms with Crippen LogP contribution in [0.5, 0.6) is 0 Å². The number of hydrogen-bond acceptors (Lipinski definition) is 6. The second kappa shape index (κ2) is 10.1. The van der Waals surface area contributed by atoms with Crippen LogP contribution in [0.25, 0.3) is 5.82 Å². The maximum absolute atomic E-state index is 12.8. The number of alkyl halides is 3. The molecule has 11 heteroatoms. The van der Waals surface area contributed by atoms with Crippen LogP contribution in [0, 0.1) is 6.92 Å². The van der Waals surface area contributed by atoms with Gasteiger partial charge in [-0.15, -0.1) is 0 Å². The summed E-state index contributed by atoms with van der Waals surface area (Å²) in [5.41, 5.74) is 1.01. The Morgan fingerprint density at radius 3 is 2.44 bits per heavy atom. The van der Waals surface area contributed by atoms with Crippen molar-refractivity contribution in [2.45, 2.75) is 19.1 Å². The van der Waals surface area contributed by atoms with Crippen LogP contribution in [0.2, 0.25) is 5.02 Å². The van der Waals surface area contributed by atoms with Gasteiger partial charge in [-0.1, -0.05) is 41.4 Å². The summed E-state index contributed by atoms with van der Waals surface area (Å²) in [6, 6.07) is 10.2. The lowest BCUT2D eigenvalue weighted by Crippen LogP contribution is -2.41. The predicted molar refractivity (Wildman–Crippen MR) is 122 cm³/mol. The molecule has 1 unspecified atom stereocenters. The molecule has 3 heterocycles. The van der Waals surface area contributed by atoms with Gasteiger partial charge in [-0.3, -0.25) is 9.69 Å². The molecule has 34 heavy (non-hydrogen) atoms. The molecule has 0 amide bonds. The fraction of sp³-hybridized carbons (Fsp3) is 0.348. The van der Waals surface area contributed by atoms with E-state index in [-0.39, 0.29) is 16.9 Å². The normalized spacial score (nSPS) is 15.8. The Hall–Kier alpha value is -2.95. The van der Waals surface area contributed by atoms with E-state index in [2.05, 4.69) is 44.6 Å². The zero-order chi connectivity index (χ0) is 24.3. The summed E-state index contributed by atoms with van der Waals surface area (Å²) >= 11 is 6.31. The number of anilines is 1. The van der Waals surface area contributed by atoms with E-state index in [4.69, 9.17) is 16.3 Å². The summed E-state index contributed by atoms with van der Waals surface area (Å²) in [7, 11) is 0. The van der Waals surface area contributed by atoms with Crippen molar-refractivity contribution in [3.05, 3.63) is 80.9 Å². The Kier molecular flexibility index (Phi) is 7.20. The third-order valence-electron chi connectivity index (χ3n) is 5.65. The zero-order valence-corrected chi connectivity index (χ0v) is 19.1. The molecule has 180 valence electrons. The monoisotopic (exact) mass is 493 g/mol. The van der Waals surface area contributed by atoms with Gasteiger partial charge in [0, 0.05) is 25.8 Å². The first-order chi connectivity index (χ1) is 16.2. The van der Waals surface area contributed by atoms with E-state index in [9.17, 15) is 18.0 Å². The minimum absolute atomic E-state index is 0.0135. The molecule has 1 saturated heterocycles. The van der Waals surface area contributed by atoms with Crippen LogP contribution < -0.4 is 10.9 Å². The fourth-order valence-corrected chi connectivity index (χ4v) is 3.94. The van der Waals surface area contributed by atoms with Gasteiger partial charge in [-0.05, 0) is 24.6 Å². The van der Waals surface area contributed by atoms with Crippen LogP contribution >= 0.6 is 11.6 Å². The predicted octanol–water partition coefficient (Wildman–Crippen LogP) is 4.09. The van der Waals surface area contributed by atoms with Gasteiger partial charge in [0.05, 0.1) is 36.7 Å². The number of hydrogen-bond donors (Lipinski definition) is 1. The summed E-state index contributed by atoms with van der Waals surface area (Å²) in [6.45, 7) is 5.31. The number of nitrogens with one attached hydrogen (secondary N) is 1. The highest BCUT2D eigenvalue weighted by Gasteiger charge is 2.31. The molecule has 1 atom stereocenters. The van der Waals surface area contributed by atoms with E-state index in [1.54, 1.807) is 0 Å². The number of halogens is 4. The molecule has 4 rings (SSSR count). The molecule has 0 bridgehead atoms. The van der Waals surface area contributed by atoms with Gasteiger partial charge < -0.3 is 10.1 Å². The van der Waals surface area contributed by atoms with Gasteiger partial charge in [0.2, 0.25) is 0 Å². The molecule has 2 aromatic heterocycles. The Morgan fingerprint density at radius 2 is 1.82 bits per heavy atom. The number of benzene rings is 1. The molecule has 0 radical (unpaired) electrons. The molecule has 1 aromatic carbocycles. The lowest BCUT2D eigenvalue weighted by molar-refractivity contribution is -0.137. The molecule has 7 nitrogen and oxygen atoms in total. The summed E-state index contributed by atoms with van der Waals surface area (Å²) in [4.78, 5) is 18.8. The smallest absolute Gasteiger partial charge is 0.380 e. The van der Waals surface area contributed by atoms with Crippen molar-refractivity contribution in [3.8, 4) is 5.82 Å². The maximum atomic E-state index is 12.8. The summed E-state index contributed by atoms with van der Waals surface area (Å²) in [6.07, 6.45) is -2.50. The largest absolute Gasteiger partial charge is 0.417 e. The van der Waals surface area contributed by atoms with Crippen molar-refractivity contribution in [1.82, 2.24) is 19.7 Å². The maximum Gasteiger partial charge on any atom is 0.417 e. The average molecular weight is 494 g/mol. The van der Waals surface area contributed by atoms with E-state index in [1.165, 1.54) is 6.20 Å². The molecule has 1 fully saturated rings. The lowest BCUT2D eigenvalue weighted by Gasteiger charge is -2.35. The van der Waals surface area contributed by atoms with Gasteiger partial charge in [0.25, 0.3) is 5.56 Å². The fourth-order valence-electron chi connectivity index (χ4n) is 3.74. The number of morpholine rings is 1. The lowest BCUT2D eigenvalue weighted by atomic mass is 10.0. The van der Waals surface area contributed by atoms with Gasteiger partial charge in [0.1, 0.15) is 5.02 Å². The van der Waals surface area contributed by atoms with Crippen molar-refractivity contribution < 1.29 is 17.9 Å². The molecular formula is C23H23ClF3N5O2. The highest BCUT2D eigenvalue weighted by atomic mass is 35.5. The van der Waals surface area contributed by atoms with Gasteiger partial charge in [0.15, 0.2) is 5.82 Å². The molecule has 1 aliphatic rings. The number of rotatable bonds is 6. The van der Waals surface area contributed by atoms with Gasteiger partial charge in [-0.25, -0.2) is 4.98 Å². The Balaban J connectivity index is 1.55. The Bertz CT molecular complexity index is 1180. The molecule has 0 saturated carbocycles. The van der Waals surface area contributed by atoms with E-state index in [1.807, 2.05) is 6.92 Å². The Labute approximate surface area is 199 Å². The average Bonchev–Trinajstić information content (AvgIpc) is 2.83. The topological polar surface area (TPSA) is 72.3 Å². The summed E-state index contributed by atoms with van der Waals surface area (Å²) < 4.78 is 44.7. The molecule has 1 N–H and O–H groups in total. The number of pyridine rings is 1. The molecular weight excluding hydrogens is 471 g/mol. The van der Waals surface area contributed by atoms with Crippen molar-refractivity contribution in [1.29, 1.82) is 0 Å². The first kappa shape index (κ1) is 24.2. The van der Waals surface area contributed by atoms with Crippen molar-refractivity contribution in [2.24, 2.45) is 0 Å². The molecule has 0 spiro atoms. The quantitative estimate of drug-likeness (QED) is 0.557. The minimum atomic E-state index is -4.52. The van der Waals surface area contributed by atoms with Crippen molar-refractivity contribution >= 4 is 17.3 Å². The number of nitrogens with zero attached hydrogens (tertiary/aromatic N) is 4. The second-order valence-corrected chi connectivity index (χ2v) is 8.33. The van der Waals surface area contributed by atoms with Crippen LogP contribution in [0.3, 0.4) is 0 Å². The summed E-state index contributed by atoms with van der Waals surface area (Å²) in [5.74, 6) is -0.0581. The number of ether oxygens (including phenoxy) is 1. The standard InChI is InChI=1S/C23H23ClF3N5O2/c1-15-2-4-16(5-3-15)19(31-8-10-34-11-9-31)14-28-18-13-30-32(22(33)21(18)24)20-7-6-17(12-29-20)23(25,26)27/h2-7,12-13,19,28H,8-11,14H2,1H3. The molecule has 3 aromatic rings. The van der Waals surface area contributed by atoms with E-state index >= 15 is 0 Å². The van der Waals surface area contributed by atoms with Gasteiger partial charge in [-0.2, -0.15) is 23.0 Å². The number of aryl methyl sites for hydroxylation is 1. The van der Waals surface area contributed by atoms with E-state index in [0.717, 1.165) is 41.0 Å². The summed E-state index contributed by atoms with van der Waals surface area (Å²) in [5, 5.41) is 7.14. The third-order valence-corrected chi connectivity index (χ3v) is 6.01. The molecule has 0 aliphatic carbocycles. The highest BCUT2D eigenvalue weighted by molar-refractivity contribution is 6.32. The SMILES string of the molecule is Cc1ccc(C(CNc2cnn(-c3ccc(C(F)(F)F)cn3)c(=O)c2Cl)N2CCOCC2)cc1. The van der Waals surface area contributed by atoms with Crippen LogP contribution in [0.15, 0.2) is 53.6 Å².